The fraction of sp³-hybridized carbons (Fsp3) is 0.200. The summed E-state index contributed by atoms with van der Waals surface area (Å²) in [5, 5.41) is 4.68. The molecule has 0 fully saturated rings. The van der Waals surface area contributed by atoms with E-state index < -0.39 is 0 Å². The van der Waals surface area contributed by atoms with Crippen molar-refractivity contribution in [2.75, 3.05) is 7.11 Å². The Hall–Kier alpha value is -1.88. The van der Waals surface area contributed by atoms with Crippen LogP contribution in [-0.2, 0) is 16.1 Å². The molecular formula is C10H10N2O3. The van der Waals surface area contributed by atoms with Gasteiger partial charge in [-0.25, -0.2) is 5.48 Å². The molecule has 78 valence electrons. The van der Waals surface area contributed by atoms with Crippen molar-refractivity contribution >= 4 is 16.9 Å². The van der Waals surface area contributed by atoms with E-state index in [0.29, 0.717) is 11.3 Å². The van der Waals surface area contributed by atoms with Gasteiger partial charge in [-0.15, -0.1) is 0 Å². The first-order chi connectivity index (χ1) is 7.31. The molecule has 0 bridgehead atoms. The topological polar surface area (TPSA) is 64.4 Å². The summed E-state index contributed by atoms with van der Waals surface area (Å²) in [6.45, 7) is 0. The number of hydrogen-bond donors (Lipinski definition) is 1. The van der Waals surface area contributed by atoms with Gasteiger partial charge in [-0.05, 0) is 12.1 Å². The second-order valence-corrected chi connectivity index (χ2v) is 3.03. The van der Waals surface area contributed by atoms with Crippen LogP contribution in [0.1, 0.15) is 5.69 Å². The summed E-state index contributed by atoms with van der Waals surface area (Å²) in [5.74, 6) is -0.253. The molecule has 0 saturated carbocycles. The number of hydrogen-bond acceptors (Lipinski definition) is 4. The number of hydroxylamine groups is 1. The number of fused-ring (bicyclic) bond motifs is 1. The Kier molecular flexibility index (Phi) is 2.64. The number of nitrogens with one attached hydrogen (secondary N) is 1. The summed E-state index contributed by atoms with van der Waals surface area (Å²) >= 11 is 0. The van der Waals surface area contributed by atoms with Crippen molar-refractivity contribution in [1.82, 2.24) is 10.6 Å². The maximum absolute atomic E-state index is 11.2. The van der Waals surface area contributed by atoms with Gasteiger partial charge in [0.1, 0.15) is 5.69 Å². The third kappa shape index (κ3) is 1.97. The molecule has 0 aliphatic heterocycles. The number of carbonyl (C=O) groups excluding carboxylic acids is 1. The standard InChI is InChI=1S/C10H10N2O3/c1-14-12-10(13)6-8-7-4-2-3-5-9(7)15-11-8/h2-5H,6H2,1H3,(H,12,13). The summed E-state index contributed by atoms with van der Waals surface area (Å²) < 4.78 is 5.06. The van der Waals surface area contributed by atoms with Crippen LogP contribution in [0.5, 0.6) is 0 Å². The molecule has 0 radical (unpaired) electrons. The Balaban J connectivity index is 2.25. The average molecular weight is 206 g/mol. The molecule has 1 heterocycles. The lowest BCUT2D eigenvalue weighted by Crippen LogP contribution is -2.23. The molecule has 2 rings (SSSR count). The van der Waals surface area contributed by atoms with E-state index in [9.17, 15) is 4.79 Å². The Labute approximate surface area is 86.0 Å². The van der Waals surface area contributed by atoms with Crippen LogP contribution in [0.25, 0.3) is 11.0 Å². The first-order valence-corrected chi connectivity index (χ1v) is 4.46. The molecule has 1 aromatic heterocycles. The van der Waals surface area contributed by atoms with Gasteiger partial charge in [0.25, 0.3) is 0 Å². The van der Waals surface area contributed by atoms with Crippen molar-refractivity contribution in [3.8, 4) is 0 Å². The Morgan fingerprint density at radius 1 is 1.53 bits per heavy atom. The first-order valence-electron chi connectivity index (χ1n) is 4.46. The second kappa shape index (κ2) is 4.10. The van der Waals surface area contributed by atoms with E-state index in [1.807, 2.05) is 18.2 Å². The number of benzene rings is 1. The second-order valence-electron chi connectivity index (χ2n) is 3.03. The molecule has 1 amide bonds. The fourth-order valence-corrected chi connectivity index (χ4v) is 1.37. The predicted molar refractivity (Wildman–Crippen MR) is 52.9 cm³/mol. The van der Waals surface area contributed by atoms with Crippen LogP contribution in [0.2, 0.25) is 0 Å². The SMILES string of the molecule is CONC(=O)Cc1noc2ccccc12. The lowest BCUT2D eigenvalue weighted by Gasteiger charge is -1.98. The molecule has 5 heteroatoms. The Morgan fingerprint density at radius 2 is 2.33 bits per heavy atom. The van der Waals surface area contributed by atoms with Crippen LogP contribution in [-0.4, -0.2) is 18.2 Å². The summed E-state index contributed by atoms with van der Waals surface area (Å²) in [6, 6.07) is 7.39. The normalized spacial score (nSPS) is 10.5. The molecule has 2 aromatic rings. The molecule has 0 unspecified atom stereocenters. The smallest absolute Gasteiger partial charge is 0.249 e. The minimum Gasteiger partial charge on any atom is -0.356 e. The number of para-hydroxylation sites is 1. The number of rotatable bonds is 3. The van der Waals surface area contributed by atoms with Crippen LogP contribution in [0.3, 0.4) is 0 Å². The van der Waals surface area contributed by atoms with E-state index in [2.05, 4.69) is 15.5 Å². The highest BCUT2D eigenvalue weighted by Gasteiger charge is 2.11. The molecule has 0 saturated heterocycles. The maximum Gasteiger partial charge on any atom is 0.249 e. The highest BCUT2D eigenvalue weighted by atomic mass is 16.6. The van der Waals surface area contributed by atoms with Gasteiger partial charge in [0.2, 0.25) is 5.91 Å². The van der Waals surface area contributed by atoms with Gasteiger partial charge in [0.15, 0.2) is 5.58 Å². The van der Waals surface area contributed by atoms with Crippen molar-refractivity contribution in [2.45, 2.75) is 6.42 Å². The quantitative estimate of drug-likeness (QED) is 0.762. The van der Waals surface area contributed by atoms with Crippen LogP contribution >= 0.6 is 0 Å². The molecule has 0 spiro atoms. The van der Waals surface area contributed by atoms with E-state index in [0.717, 1.165) is 5.39 Å². The van der Waals surface area contributed by atoms with Gasteiger partial charge in [-0.1, -0.05) is 17.3 Å². The summed E-state index contributed by atoms with van der Waals surface area (Å²) in [5.41, 5.74) is 3.52. The molecule has 0 aliphatic carbocycles. The highest BCUT2D eigenvalue weighted by Crippen LogP contribution is 2.17. The van der Waals surface area contributed by atoms with E-state index in [1.165, 1.54) is 7.11 Å². The Morgan fingerprint density at radius 3 is 3.13 bits per heavy atom. The predicted octanol–water partition coefficient (Wildman–Crippen LogP) is 1.05. The number of carbonyl (C=O) groups is 1. The molecule has 0 atom stereocenters. The van der Waals surface area contributed by atoms with E-state index in [4.69, 9.17) is 4.52 Å². The van der Waals surface area contributed by atoms with Gasteiger partial charge in [0.05, 0.1) is 13.5 Å². The maximum atomic E-state index is 11.2. The van der Waals surface area contributed by atoms with Gasteiger partial charge in [-0.3, -0.25) is 9.63 Å². The van der Waals surface area contributed by atoms with E-state index in [-0.39, 0.29) is 12.3 Å². The minimum atomic E-state index is -0.253. The third-order valence-electron chi connectivity index (χ3n) is 2.00. The highest BCUT2D eigenvalue weighted by molar-refractivity contribution is 5.85. The van der Waals surface area contributed by atoms with Crippen molar-refractivity contribution < 1.29 is 14.2 Å². The van der Waals surface area contributed by atoms with Crippen LogP contribution in [0.4, 0.5) is 0 Å². The Bertz CT molecular complexity index is 478. The third-order valence-corrected chi connectivity index (χ3v) is 2.00. The molecular weight excluding hydrogens is 196 g/mol. The monoisotopic (exact) mass is 206 g/mol. The van der Waals surface area contributed by atoms with E-state index in [1.54, 1.807) is 6.07 Å². The lowest BCUT2D eigenvalue weighted by molar-refractivity contribution is -0.130. The molecule has 5 nitrogen and oxygen atoms in total. The first kappa shape index (κ1) is 9.67. The average Bonchev–Trinajstić information content (AvgIpc) is 2.62. The number of aromatic nitrogens is 1. The van der Waals surface area contributed by atoms with Gasteiger partial charge < -0.3 is 4.52 Å². The zero-order valence-electron chi connectivity index (χ0n) is 8.19. The van der Waals surface area contributed by atoms with Gasteiger partial charge in [0, 0.05) is 5.39 Å². The zero-order valence-corrected chi connectivity index (χ0v) is 8.19. The van der Waals surface area contributed by atoms with Crippen LogP contribution in [0, 0.1) is 0 Å². The number of amides is 1. The summed E-state index contributed by atoms with van der Waals surface area (Å²) in [7, 11) is 1.39. The van der Waals surface area contributed by atoms with Gasteiger partial charge >= 0.3 is 0 Å². The van der Waals surface area contributed by atoms with Crippen molar-refractivity contribution in [2.24, 2.45) is 0 Å². The fourth-order valence-electron chi connectivity index (χ4n) is 1.37. The van der Waals surface area contributed by atoms with E-state index >= 15 is 0 Å². The van der Waals surface area contributed by atoms with Crippen LogP contribution < -0.4 is 5.48 Å². The molecule has 1 N–H and O–H groups in total. The van der Waals surface area contributed by atoms with Crippen LogP contribution in [0.15, 0.2) is 28.8 Å². The number of nitrogens with zero attached hydrogens (tertiary/aromatic N) is 1. The van der Waals surface area contributed by atoms with Crippen molar-refractivity contribution in [1.29, 1.82) is 0 Å². The molecule has 15 heavy (non-hydrogen) atoms. The summed E-state index contributed by atoms with van der Waals surface area (Å²) in [4.78, 5) is 15.7. The molecule has 0 aliphatic rings. The van der Waals surface area contributed by atoms with Gasteiger partial charge in [-0.2, -0.15) is 0 Å². The summed E-state index contributed by atoms with van der Waals surface area (Å²) in [6.07, 6.45) is 0.144. The van der Waals surface area contributed by atoms with Crippen molar-refractivity contribution in [3.05, 3.63) is 30.0 Å². The zero-order chi connectivity index (χ0) is 10.7. The minimum absolute atomic E-state index is 0.144. The largest absolute Gasteiger partial charge is 0.356 e. The van der Waals surface area contributed by atoms with Crippen molar-refractivity contribution in [3.63, 3.8) is 0 Å². The molecule has 1 aromatic carbocycles. The lowest BCUT2D eigenvalue weighted by atomic mass is 10.2.